The van der Waals surface area contributed by atoms with Crippen LogP contribution in [0.15, 0.2) is 81.7 Å². The van der Waals surface area contributed by atoms with Crippen LogP contribution in [0, 0.1) is 0 Å². The van der Waals surface area contributed by atoms with E-state index < -0.39 is 83.4 Å². The van der Waals surface area contributed by atoms with Gasteiger partial charge in [-0.1, -0.05) is 36.4 Å². The number of hydrogen-bond acceptors (Lipinski definition) is 13. The average Bonchev–Trinajstić information content (AvgIpc) is 3.24. The quantitative estimate of drug-likeness (QED) is 0.108. The number of esters is 1. The topological polar surface area (TPSA) is 192 Å². The van der Waals surface area contributed by atoms with E-state index in [1.807, 2.05) is 0 Å². The predicted octanol–water partition coefficient (Wildman–Crippen LogP) is 2.80. The Kier molecular flexibility index (Phi) is 10.2. The number of aliphatic hydroxyl groups is 1. The Hall–Kier alpha value is -3.60. The molecule has 2 aromatic carbocycles. The molecule has 1 unspecified atom stereocenters. The number of rotatable bonds is 13. The van der Waals surface area contributed by atoms with Crippen LogP contribution in [0.4, 0.5) is 4.79 Å². The summed E-state index contributed by atoms with van der Waals surface area (Å²) >= 11 is 0. The number of sulfonamides is 2. The molecule has 3 amide bonds. The number of carbonyl (C=O) groups is 3. The molecule has 43 heavy (non-hydrogen) atoms. The zero-order valence-corrected chi connectivity index (χ0v) is 26.2. The molecule has 0 aromatic heterocycles. The van der Waals surface area contributed by atoms with Gasteiger partial charge in [0.15, 0.2) is 0 Å². The SMILES string of the molecule is CCOC(=O)C1(/C(=C(\O)OCC)[P+](OC)(OC)OC)C(=O)N(S(=O)(=O)c2ccccc2)C(=O)N1S(=O)(=O)c1ccccc1. The minimum atomic E-state index is -5.34. The van der Waals surface area contributed by atoms with Gasteiger partial charge in [0.1, 0.15) is 0 Å². The molecule has 1 aliphatic heterocycles. The van der Waals surface area contributed by atoms with Crippen molar-refractivity contribution in [3.63, 3.8) is 0 Å². The van der Waals surface area contributed by atoms with Gasteiger partial charge < -0.3 is 14.6 Å². The van der Waals surface area contributed by atoms with E-state index in [9.17, 15) is 36.3 Å². The Morgan fingerprint density at radius 3 is 1.65 bits per heavy atom. The first-order valence-corrected chi connectivity index (χ1v) is 16.8. The number of nitrogens with zero attached hydrogens (tertiary/aromatic N) is 2. The number of benzene rings is 2. The third-order valence-electron chi connectivity index (χ3n) is 6.10. The second kappa shape index (κ2) is 13.0. The molecule has 1 fully saturated rings. The summed E-state index contributed by atoms with van der Waals surface area (Å²) < 4.78 is 82.0. The fourth-order valence-electron chi connectivity index (χ4n) is 4.31. The molecule has 3 rings (SSSR count). The average molecular weight is 662 g/mol. The van der Waals surface area contributed by atoms with Crippen molar-refractivity contribution in [2.45, 2.75) is 29.2 Å². The van der Waals surface area contributed by atoms with Crippen molar-refractivity contribution >= 4 is 45.9 Å². The molecule has 18 heteroatoms. The fourth-order valence-corrected chi connectivity index (χ4v) is 9.36. The van der Waals surface area contributed by atoms with Gasteiger partial charge in [-0.3, -0.25) is 4.79 Å². The molecular weight excluding hydrogens is 631 g/mol. The molecule has 1 aliphatic rings. The van der Waals surface area contributed by atoms with Crippen LogP contribution < -0.4 is 0 Å². The maximum absolute atomic E-state index is 14.6. The summed E-state index contributed by atoms with van der Waals surface area (Å²) in [6, 6.07) is 10.2. The number of carbonyl (C=O) groups excluding carboxylic acids is 3. The van der Waals surface area contributed by atoms with E-state index in [1.54, 1.807) is 0 Å². The van der Waals surface area contributed by atoms with Crippen LogP contribution in [0.1, 0.15) is 13.8 Å². The number of aliphatic hydroxyl groups excluding tert-OH is 1. The van der Waals surface area contributed by atoms with Crippen molar-refractivity contribution in [1.29, 1.82) is 0 Å². The van der Waals surface area contributed by atoms with Crippen molar-refractivity contribution < 1.29 is 59.4 Å². The molecule has 15 nitrogen and oxygen atoms in total. The summed E-state index contributed by atoms with van der Waals surface area (Å²) in [6.45, 7) is 1.88. The molecule has 234 valence electrons. The van der Waals surface area contributed by atoms with Gasteiger partial charge in [-0.15, -0.1) is 4.31 Å². The number of ether oxygens (including phenoxy) is 2. The largest absolute Gasteiger partial charge is 0.478 e. The maximum atomic E-state index is 14.6. The zero-order chi connectivity index (χ0) is 32.2. The lowest BCUT2D eigenvalue weighted by Gasteiger charge is -2.34. The monoisotopic (exact) mass is 661 g/mol. The molecule has 1 heterocycles. The van der Waals surface area contributed by atoms with E-state index >= 15 is 0 Å². The third-order valence-corrected chi connectivity index (χ3v) is 12.1. The van der Waals surface area contributed by atoms with Gasteiger partial charge in [0, 0.05) is 0 Å². The summed E-state index contributed by atoms with van der Waals surface area (Å²) in [5.74, 6) is -5.06. The molecule has 0 spiro atoms. The first-order chi connectivity index (χ1) is 20.3. The van der Waals surface area contributed by atoms with Gasteiger partial charge in [0.2, 0.25) is 0 Å². The highest BCUT2D eigenvalue weighted by atomic mass is 32.2. The standard InChI is InChI=1S/C25H29N2O13PS2/c1-6-39-21(28)20(41(36-3,37-4)38-5)25(23(30)40-7-2)22(29)26(42(32,33)18-14-10-8-11-15-18)24(31)27(25)43(34,35)19-16-12-9-13-17-19/h8-17H,6-7H2,1-5H3/p+1/b21-20-. The van der Waals surface area contributed by atoms with Gasteiger partial charge >= 0.3 is 31.4 Å². The zero-order valence-electron chi connectivity index (χ0n) is 23.7. The first-order valence-electron chi connectivity index (χ1n) is 12.4. The molecule has 2 aromatic rings. The van der Waals surface area contributed by atoms with Crippen molar-refractivity contribution in [3.05, 3.63) is 71.9 Å². The number of urea groups is 1. The Balaban J connectivity index is 2.65. The Morgan fingerprint density at radius 2 is 1.23 bits per heavy atom. The van der Waals surface area contributed by atoms with E-state index in [4.69, 9.17) is 23.0 Å². The van der Waals surface area contributed by atoms with Crippen LogP contribution in [0.3, 0.4) is 0 Å². The lowest BCUT2D eigenvalue weighted by Crippen LogP contribution is -2.60. The summed E-state index contributed by atoms with van der Waals surface area (Å²) in [5, 5.41) is 10.1. The summed E-state index contributed by atoms with van der Waals surface area (Å²) in [4.78, 5) is 41.6. The molecule has 0 saturated carbocycles. The van der Waals surface area contributed by atoms with Crippen LogP contribution in [-0.4, -0.2) is 88.5 Å². The number of hydrogen-bond donors (Lipinski definition) is 1. The van der Waals surface area contributed by atoms with Gasteiger partial charge in [0.05, 0.1) is 44.3 Å². The van der Waals surface area contributed by atoms with Crippen molar-refractivity contribution in [1.82, 2.24) is 8.61 Å². The molecule has 0 aliphatic carbocycles. The normalized spacial score (nSPS) is 18.4. The van der Waals surface area contributed by atoms with Crippen LogP contribution in [0.2, 0.25) is 0 Å². The van der Waals surface area contributed by atoms with Gasteiger partial charge in [-0.2, -0.15) is 17.9 Å². The molecule has 1 N–H and O–H groups in total. The smallest absolute Gasteiger partial charge is 0.454 e. The predicted molar refractivity (Wildman–Crippen MR) is 150 cm³/mol. The van der Waals surface area contributed by atoms with Gasteiger partial charge in [0.25, 0.3) is 31.3 Å². The van der Waals surface area contributed by atoms with Crippen molar-refractivity contribution in [2.75, 3.05) is 34.5 Å². The Morgan fingerprint density at radius 1 is 0.791 bits per heavy atom. The van der Waals surface area contributed by atoms with Gasteiger partial charge in [-0.25, -0.2) is 26.4 Å². The van der Waals surface area contributed by atoms with Crippen LogP contribution in [0.25, 0.3) is 0 Å². The molecule has 1 saturated heterocycles. The van der Waals surface area contributed by atoms with Crippen molar-refractivity contribution in [3.8, 4) is 0 Å². The maximum Gasteiger partial charge on any atom is 0.454 e. The van der Waals surface area contributed by atoms with Crippen LogP contribution in [0.5, 0.6) is 0 Å². The minimum Gasteiger partial charge on any atom is -0.478 e. The lowest BCUT2D eigenvalue weighted by molar-refractivity contribution is -0.155. The van der Waals surface area contributed by atoms with Crippen molar-refractivity contribution in [2.24, 2.45) is 0 Å². The van der Waals surface area contributed by atoms with Crippen LogP contribution in [-0.2, 0) is 52.7 Å². The highest BCUT2D eigenvalue weighted by Gasteiger charge is 2.81. The molecule has 1 atom stereocenters. The number of imide groups is 1. The minimum absolute atomic E-state index is 0.285. The first kappa shape index (κ1) is 33.9. The molecule has 0 radical (unpaired) electrons. The third kappa shape index (κ3) is 5.36. The second-order valence-corrected chi connectivity index (χ2v) is 14.4. The molecule has 0 bridgehead atoms. The Labute approximate surface area is 249 Å². The molecular formula is C25H30N2O13PS2+. The van der Waals surface area contributed by atoms with Crippen LogP contribution >= 0.6 is 7.94 Å². The highest BCUT2D eigenvalue weighted by Crippen LogP contribution is 2.72. The van der Waals surface area contributed by atoms with E-state index in [0.717, 1.165) is 45.6 Å². The van der Waals surface area contributed by atoms with E-state index in [1.165, 1.54) is 50.2 Å². The van der Waals surface area contributed by atoms with Gasteiger partial charge in [-0.05, 0) is 38.1 Å². The Bertz CT molecular complexity index is 1600. The highest BCUT2D eigenvalue weighted by molar-refractivity contribution is 7.91. The van der Waals surface area contributed by atoms with E-state index in [-0.39, 0.29) is 10.9 Å². The fraction of sp³-hybridized carbons (Fsp3) is 0.320. The van der Waals surface area contributed by atoms with E-state index in [2.05, 4.69) is 0 Å². The summed E-state index contributed by atoms with van der Waals surface area (Å²) in [5.41, 5.74) is -3.65. The second-order valence-electron chi connectivity index (χ2n) is 8.32. The lowest BCUT2D eigenvalue weighted by atomic mass is 9.99. The number of amides is 3. The summed E-state index contributed by atoms with van der Waals surface area (Å²) in [7, 11) is -12.0. The summed E-state index contributed by atoms with van der Waals surface area (Å²) in [6.07, 6.45) is 0. The van der Waals surface area contributed by atoms with E-state index in [0.29, 0.717) is 0 Å².